The van der Waals surface area contributed by atoms with Crippen molar-refractivity contribution in [1.29, 1.82) is 0 Å². The van der Waals surface area contributed by atoms with Gasteiger partial charge in [-0.05, 0) is 103 Å². The molecule has 2 aromatic carbocycles. The van der Waals surface area contributed by atoms with Crippen molar-refractivity contribution >= 4 is 82.4 Å². The minimum absolute atomic E-state index is 0.108. The molecule has 1 heterocycles. The van der Waals surface area contributed by atoms with Gasteiger partial charge in [-0.15, -0.1) is 0 Å². The number of para-hydroxylation sites is 1. The normalized spacial score (nSPS) is 21.9. The second kappa shape index (κ2) is 35.2. The number of halogens is 1. The molecule has 0 spiro atoms. The fraction of sp³-hybridized carbons (Fsp3) is 0.540. The molecule has 11 unspecified atom stereocenters. The summed E-state index contributed by atoms with van der Waals surface area (Å²) in [6.45, 7) is 0.321. The smallest absolute Gasteiger partial charge is 0.319 e. The number of benzene rings is 2. The van der Waals surface area contributed by atoms with Crippen molar-refractivity contribution in [3.63, 3.8) is 0 Å². The maximum Gasteiger partial charge on any atom is 0.319 e. The maximum absolute atomic E-state index is 14.4. The average molecular weight is 1160 g/mol. The number of aliphatic hydroxyl groups excluding tert-OH is 2. The number of amides is 12. The van der Waals surface area contributed by atoms with E-state index in [-0.39, 0.29) is 82.0 Å². The van der Waals surface area contributed by atoms with Gasteiger partial charge in [-0.2, -0.15) is 0 Å². The SMILES string of the molecule is CC(O)C1NC(=O)C(CCN)NC(=O)C(CCN)NC(=O)CNC(=O)C(Cc2ccccc2)NC(=O)C(CCN)NC(=O)C(NC(=O)C(CCN)NC(=O)C(NC(=O)C(CCN)NC(=O)Nc2ccccc2Cl)C(C)O)CCNC1=O. The molecular weight excluding hydrogens is 1080 g/mol. The van der Waals surface area contributed by atoms with E-state index in [4.69, 9.17) is 40.3 Å². The second-order valence-electron chi connectivity index (χ2n) is 18.9. The Morgan fingerprint density at radius 3 is 1.68 bits per heavy atom. The van der Waals surface area contributed by atoms with Crippen LogP contribution in [0.25, 0.3) is 0 Å². The lowest BCUT2D eigenvalue weighted by atomic mass is 10.0. The van der Waals surface area contributed by atoms with Gasteiger partial charge in [0.15, 0.2) is 0 Å². The van der Waals surface area contributed by atoms with Gasteiger partial charge in [-0.3, -0.25) is 47.9 Å². The Morgan fingerprint density at radius 2 is 1.12 bits per heavy atom. The summed E-state index contributed by atoms with van der Waals surface area (Å²) in [5, 5.41) is 51.1. The number of anilines is 1. The largest absolute Gasteiger partial charge is 0.391 e. The number of hydrogen-bond donors (Lipinski definition) is 19. The van der Waals surface area contributed by atoms with Gasteiger partial charge in [-0.1, -0.05) is 54.1 Å². The molecule has 448 valence electrons. The van der Waals surface area contributed by atoms with E-state index in [2.05, 4.69) is 63.8 Å². The molecule has 3 rings (SSSR count). The van der Waals surface area contributed by atoms with Gasteiger partial charge in [0.2, 0.25) is 59.1 Å². The summed E-state index contributed by atoms with van der Waals surface area (Å²) in [7, 11) is 0. The lowest BCUT2D eigenvalue weighted by Gasteiger charge is -2.28. The van der Waals surface area contributed by atoms with Crippen molar-refractivity contribution in [3.8, 4) is 0 Å². The minimum atomic E-state index is -1.77. The third-order valence-corrected chi connectivity index (χ3v) is 12.7. The number of carbonyl (C=O) groups excluding carboxylic acids is 11. The molecule has 0 radical (unpaired) electrons. The van der Waals surface area contributed by atoms with Crippen molar-refractivity contribution in [2.45, 2.75) is 125 Å². The third kappa shape index (κ3) is 22.8. The van der Waals surface area contributed by atoms with Crippen LogP contribution in [0.15, 0.2) is 54.6 Å². The zero-order valence-electron chi connectivity index (χ0n) is 45.1. The monoisotopic (exact) mass is 1160 g/mol. The van der Waals surface area contributed by atoms with Crippen LogP contribution < -0.4 is 92.5 Å². The molecular formula is C50H78ClN17O13. The molecule has 1 aliphatic heterocycles. The first-order valence-electron chi connectivity index (χ1n) is 26.3. The van der Waals surface area contributed by atoms with Crippen molar-refractivity contribution in [3.05, 3.63) is 65.2 Å². The predicted octanol–water partition coefficient (Wildman–Crippen LogP) is -6.91. The van der Waals surface area contributed by atoms with E-state index in [1.807, 2.05) is 0 Å². The molecule has 30 nitrogen and oxygen atoms in total. The van der Waals surface area contributed by atoms with Crippen LogP contribution in [0, 0.1) is 0 Å². The number of nitrogens with one attached hydrogen (secondary N) is 12. The molecule has 0 saturated carbocycles. The van der Waals surface area contributed by atoms with Crippen LogP contribution in [-0.2, 0) is 54.4 Å². The highest BCUT2D eigenvalue weighted by Gasteiger charge is 2.36. The highest BCUT2D eigenvalue weighted by atomic mass is 35.5. The fourth-order valence-corrected chi connectivity index (χ4v) is 8.22. The first kappa shape index (κ1) is 67.7. The van der Waals surface area contributed by atoms with Gasteiger partial charge in [-0.25, -0.2) is 4.79 Å². The van der Waals surface area contributed by atoms with Crippen LogP contribution in [-0.4, -0.2) is 188 Å². The quantitative estimate of drug-likeness (QED) is 0.0521. The highest BCUT2D eigenvalue weighted by molar-refractivity contribution is 6.33. The van der Waals surface area contributed by atoms with Gasteiger partial charge < -0.3 is 103 Å². The molecule has 2 aromatic rings. The summed E-state index contributed by atoms with van der Waals surface area (Å²) in [4.78, 5) is 151. The van der Waals surface area contributed by atoms with E-state index in [1.165, 1.54) is 19.1 Å². The number of aliphatic hydroxyl groups is 2. The Bertz CT molecular complexity index is 2460. The van der Waals surface area contributed by atoms with Crippen LogP contribution in [0.2, 0.25) is 5.02 Å². The minimum Gasteiger partial charge on any atom is -0.391 e. The summed E-state index contributed by atoms with van der Waals surface area (Å²) in [6, 6.07) is 0.101. The van der Waals surface area contributed by atoms with Crippen molar-refractivity contribution in [2.75, 3.05) is 51.1 Å². The molecule has 81 heavy (non-hydrogen) atoms. The van der Waals surface area contributed by atoms with Gasteiger partial charge in [0, 0.05) is 13.0 Å². The summed E-state index contributed by atoms with van der Waals surface area (Å²) < 4.78 is 0. The number of rotatable bonds is 22. The Balaban J connectivity index is 2.01. The van der Waals surface area contributed by atoms with Gasteiger partial charge in [0.1, 0.15) is 54.4 Å². The van der Waals surface area contributed by atoms with Crippen molar-refractivity contribution in [2.24, 2.45) is 28.7 Å². The lowest BCUT2D eigenvalue weighted by Crippen LogP contribution is -2.62. The molecule has 1 fully saturated rings. The van der Waals surface area contributed by atoms with E-state index in [0.29, 0.717) is 5.56 Å². The summed E-state index contributed by atoms with van der Waals surface area (Å²) in [5.74, 6) is -9.69. The molecule has 0 bridgehead atoms. The van der Waals surface area contributed by atoms with E-state index < -0.39 is 151 Å². The Kier molecular flexibility index (Phi) is 29.4. The molecule has 0 aliphatic carbocycles. The average Bonchev–Trinajstić information content (AvgIpc) is 3.42. The van der Waals surface area contributed by atoms with E-state index in [0.717, 1.165) is 6.92 Å². The zero-order valence-corrected chi connectivity index (χ0v) is 45.9. The first-order chi connectivity index (χ1) is 38.6. The Morgan fingerprint density at radius 1 is 0.593 bits per heavy atom. The maximum atomic E-state index is 14.4. The van der Waals surface area contributed by atoms with E-state index in [1.54, 1.807) is 42.5 Å². The highest BCUT2D eigenvalue weighted by Crippen LogP contribution is 2.20. The molecule has 0 aromatic heterocycles. The second-order valence-corrected chi connectivity index (χ2v) is 19.3. The van der Waals surface area contributed by atoms with Crippen molar-refractivity contribution < 1.29 is 63.0 Å². The molecule has 31 heteroatoms. The fourth-order valence-electron chi connectivity index (χ4n) is 8.04. The van der Waals surface area contributed by atoms with Crippen LogP contribution in [0.1, 0.15) is 57.9 Å². The Labute approximate surface area is 472 Å². The summed E-state index contributed by atoms with van der Waals surface area (Å²) in [6.07, 6.45) is -4.78. The number of nitrogens with two attached hydrogens (primary N) is 5. The van der Waals surface area contributed by atoms with E-state index >= 15 is 0 Å². The number of hydrogen-bond acceptors (Lipinski definition) is 18. The first-order valence-corrected chi connectivity index (χ1v) is 26.6. The van der Waals surface area contributed by atoms with Crippen molar-refractivity contribution in [1.82, 2.24) is 58.5 Å². The molecule has 1 saturated heterocycles. The van der Waals surface area contributed by atoms with Crippen LogP contribution in [0.5, 0.6) is 0 Å². The predicted molar refractivity (Wildman–Crippen MR) is 295 cm³/mol. The van der Waals surface area contributed by atoms with Crippen LogP contribution >= 0.6 is 11.6 Å². The summed E-state index contributed by atoms with van der Waals surface area (Å²) in [5.41, 5.74) is 29.8. The lowest BCUT2D eigenvalue weighted by molar-refractivity contribution is -0.136. The topological polar surface area (TPSA) is 503 Å². The zero-order chi connectivity index (χ0) is 60.2. The van der Waals surface area contributed by atoms with Gasteiger partial charge in [0.25, 0.3) is 0 Å². The molecule has 12 amide bonds. The van der Waals surface area contributed by atoms with Crippen LogP contribution in [0.3, 0.4) is 0 Å². The van der Waals surface area contributed by atoms with Crippen LogP contribution in [0.4, 0.5) is 10.5 Å². The van der Waals surface area contributed by atoms with Gasteiger partial charge in [0.05, 0.1) is 29.5 Å². The summed E-state index contributed by atoms with van der Waals surface area (Å²) >= 11 is 6.15. The van der Waals surface area contributed by atoms with Gasteiger partial charge >= 0.3 is 6.03 Å². The van der Waals surface area contributed by atoms with E-state index in [9.17, 15) is 63.0 Å². The molecule has 24 N–H and O–H groups in total. The Hall–Kier alpha value is -7.58. The molecule has 1 aliphatic rings. The molecule has 11 atom stereocenters. The number of urea groups is 1. The third-order valence-electron chi connectivity index (χ3n) is 12.4. The number of carbonyl (C=O) groups is 11. The standard InChI is InChI=1S/C50H78ClN17O13/c1-26(69)39-48(79)57-23-17-36(62-43(74)33(14-20-54)63-49(80)40(27(2)70)68-47(78)35(16-22-56)66-50(81)65-30-11-7-6-10-29(30)51)45(76)60-32(13-19-53)44(75)64-37(24-28-8-4-3-5-9-28)41(72)58-25-38(71)59-31(12-18-52)42(73)61-34(15-21-55)46(77)67-39/h3-11,26-27,31-37,39-40,69-70H,12-25,52-56H2,1-2H3,(H,57,79)(H,58,72)(H,59,71)(H,60,76)(H,61,73)(H,62,74)(H,63,80)(H,64,75)(H,67,77)(H,68,78)(H2,65,66,81).